The van der Waals surface area contributed by atoms with Gasteiger partial charge in [0.25, 0.3) is 0 Å². The van der Waals surface area contributed by atoms with Crippen LogP contribution in [0, 0.1) is 6.92 Å². The van der Waals surface area contributed by atoms with E-state index in [4.69, 9.17) is 5.11 Å². The smallest absolute Gasteiger partial charge is 0.336 e. The van der Waals surface area contributed by atoms with Gasteiger partial charge >= 0.3 is 5.97 Å². The zero-order valence-corrected chi connectivity index (χ0v) is 9.94. The minimum absolute atomic E-state index is 0.265. The molecular formula is C12H10N2O2S. The van der Waals surface area contributed by atoms with Crippen molar-refractivity contribution in [3.05, 3.63) is 47.8 Å². The molecule has 0 aliphatic carbocycles. The average Bonchev–Trinajstić information content (AvgIpc) is 2.32. The summed E-state index contributed by atoms with van der Waals surface area (Å²) < 4.78 is 0. The summed E-state index contributed by atoms with van der Waals surface area (Å²) in [5, 5.41) is 9.58. The molecule has 1 aromatic heterocycles. The number of carbonyl (C=O) groups is 1. The molecule has 0 saturated carbocycles. The molecule has 1 heterocycles. The number of benzene rings is 1. The van der Waals surface area contributed by atoms with Crippen LogP contribution in [0.1, 0.15) is 15.9 Å². The highest BCUT2D eigenvalue weighted by Gasteiger charge is 2.11. The first-order valence-electron chi connectivity index (χ1n) is 4.95. The van der Waals surface area contributed by atoms with Gasteiger partial charge in [-0.1, -0.05) is 12.1 Å². The molecule has 0 atom stereocenters. The third-order valence-corrected chi connectivity index (χ3v) is 3.05. The minimum Gasteiger partial charge on any atom is -0.478 e. The third-order valence-electron chi connectivity index (χ3n) is 2.08. The fourth-order valence-electron chi connectivity index (χ4n) is 1.26. The molecule has 17 heavy (non-hydrogen) atoms. The molecule has 0 bridgehead atoms. The second kappa shape index (κ2) is 4.97. The Bertz CT molecular complexity index is 540. The van der Waals surface area contributed by atoms with Crippen LogP contribution in [0.5, 0.6) is 0 Å². The predicted molar refractivity (Wildman–Crippen MR) is 64.3 cm³/mol. The first-order valence-corrected chi connectivity index (χ1v) is 5.77. The molecule has 5 heteroatoms. The summed E-state index contributed by atoms with van der Waals surface area (Å²) in [5.41, 5.74) is 1.24. The molecule has 0 spiro atoms. The summed E-state index contributed by atoms with van der Waals surface area (Å²) in [5.74, 6) is -0.944. The van der Waals surface area contributed by atoms with E-state index in [0.717, 1.165) is 5.56 Å². The van der Waals surface area contributed by atoms with Crippen LogP contribution in [0.4, 0.5) is 0 Å². The van der Waals surface area contributed by atoms with Gasteiger partial charge in [-0.05, 0) is 36.4 Å². The molecule has 4 nitrogen and oxygen atoms in total. The molecule has 0 amide bonds. The summed E-state index contributed by atoms with van der Waals surface area (Å²) >= 11 is 1.25. The third kappa shape index (κ3) is 2.82. The Morgan fingerprint density at radius 2 is 1.88 bits per heavy atom. The van der Waals surface area contributed by atoms with Crippen LogP contribution >= 0.6 is 11.8 Å². The van der Waals surface area contributed by atoms with Gasteiger partial charge < -0.3 is 5.11 Å². The van der Waals surface area contributed by atoms with Crippen molar-refractivity contribution in [3.8, 4) is 0 Å². The molecule has 1 N–H and O–H groups in total. The second-order valence-corrected chi connectivity index (χ2v) is 4.46. The molecule has 2 rings (SSSR count). The van der Waals surface area contributed by atoms with E-state index in [1.54, 1.807) is 36.7 Å². The lowest BCUT2D eigenvalue weighted by Gasteiger charge is -2.03. The monoisotopic (exact) mass is 246 g/mol. The fraction of sp³-hybridized carbons (Fsp3) is 0.0833. The minimum atomic E-state index is -0.944. The van der Waals surface area contributed by atoms with Gasteiger partial charge in [-0.3, -0.25) is 0 Å². The summed E-state index contributed by atoms with van der Waals surface area (Å²) in [6, 6.07) is 6.81. The number of aromatic carboxylic acids is 1. The molecular weight excluding hydrogens is 236 g/mol. The van der Waals surface area contributed by atoms with Crippen molar-refractivity contribution in [1.29, 1.82) is 0 Å². The highest BCUT2D eigenvalue weighted by molar-refractivity contribution is 7.99. The van der Waals surface area contributed by atoms with Gasteiger partial charge in [0.15, 0.2) is 5.16 Å². The normalized spacial score (nSPS) is 10.2. The van der Waals surface area contributed by atoms with Crippen molar-refractivity contribution in [2.24, 2.45) is 0 Å². The van der Waals surface area contributed by atoms with Crippen LogP contribution in [0.3, 0.4) is 0 Å². The molecule has 1 aromatic carbocycles. The molecule has 0 radical (unpaired) electrons. The standard InChI is InChI=1S/C12H10N2O2S/c1-8-6-13-12(14-7-8)17-10-5-3-2-4-9(10)11(15)16/h2-7H,1H3,(H,15,16). The van der Waals surface area contributed by atoms with Crippen molar-refractivity contribution in [2.75, 3.05) is 0 Å². The van der Waals surface area contributed by atoms with Crippen LogP contribution in [0.15, 0.2) is 46.7 Å². The number of carboxylic acid groups (broad SMARTS) is 1. The molecule has 0 fully saturated rings. The lowest BCUT2D eigenvalue weighted by molar-refractivity contribution is 0.0693. The van der Waals surface area contributed by atoms with Gasteiger partial charge in [0.1, 0.15) is 0 Å². The van der Waals surface area contributed by atoms with Crippen LogP contribution in [0.2, 0.25) is 0 Å². The number of aryl methyl sites for hydroxylation is 1. The van der Waals surface area contributed by atoms with Crippen LogP contribution in [0.25, 0.3) is 0 Å². The zero-order valence-electron chi connectivity index (χ0n) is 9.12. The van der Waals surface area contributed by atoms with Crippen molar-refractivity contribution >= 4 is 17.7 Å². The Morgan fingerprint density at radius 3 is 2.53 bits per heavy atom. The quantitative estimate of drug-likeness (QED) is 0.843. The summed E-state index contributed by atoms with van der Waals surface area (Å²) in [7, 11) is 0. The second-order valence-electron chi connectivity index (χ2n) is 3.45. The van der Waals surface area contributed by atoms with E-state index < -0.39 is 5.97 Å². The molecule has 0 aliphatic rings. The molecule has 86 valence electrons. The van der Waals surface area contributed by atoms with E-state index in [-0.39, 0.29) is 5.56 Å². The molecule has 0 aliphatic heterocycles. The Balaban J connectivity index is 2.30. The van der Waals surface area contributed by atoms with Gasteiger partial charge in [0.05, 0.1) is 5.56 Å². The van der Waals surface area contributed by atoms with Crippen molar-refractivity contribution in [1.82, 2.24) is 9.97 Å². The molecule has 0 saturated heterocycles. The Hall–Kier alpha value is -1.88. The number of nitrogens with zero attached hydrogens (tertiary/aromatic N) is 2. The summed E-state index contributed by atoms with van der Waals surface area (Å²) in [6.07, 6.45) is 3.41. The Kier molecular flexibility index (Phi) is 3.39. The van der Waals surface area contributed by atoms with Crippen LogP contribution in [-0.2, 0) is 0 Å². The number of hydrogen-bond acceptors (Lipinski definition) is 4. The van der Waals surface area contributed by atoms with Crippen molar-refractivity contribution < 1.29 is 9.90 Å². The van der Waals surface area contributed by atoms with Crippen LogP contribution in [-0.4, -0.2) is 21.0 Å². The topological polar surface area (TPSA) is 63.1 Å². The maximum Gasteiger partial charge on any atom is 0.336 e. The maximum atomic E-state index is 11.0. The first kappa shape index (κ1) is 11.6. The van der Waals surface area contributed by atoms with E-state index in [1.807, 2.05) is 6.92 Å². The van der Waals surface area contributed by atoms with E-state index >= 15 is 0 Å². The highest BCUT2D eigenvalue weighted by Crippen LogP contribution is 2.27. The van der Waals surface area contributed by atoms with E-state index in [9.17, 15) is 4.79 Å². The number of rotatable bonds is 3. The lowest BCUT2D eigenvalue weighted by atomic mass is 10.2. The van der Waals surface area contributed by atoms with Crippen molar-refractivity contribution in [3.63, 3.8) is 0 Å². The first-order chi connectivity index (χ1) is 8.16. The van der Waals surface area contributed by atoms with Gasteiger partial charge in [-0.2, -0.15) is 0 Å². The van der Waals surface area contributed by atoms with Gasteiger partial charge in [0.2, 0.25) is 0 Å². The summed E-state index contributed by atoms with van der Waals surface area (Å²) in [6.45, 7) is 1.90. The highest BCUT2D eigenvalue weighted by atomic mass is 32.2. The van der Waals surface area contributed by atoms with Gasteiger partial charge in [0, 0.05) is 17.3 Å². The summed E-state index contributed by atoms with van der Waals surface area (Å²) in [4.78, 5) is 19.9. The Labute approximate surface area is 103 Å². The van der Waals surface area contributed by atoms with Gasteiger partial charge in [-0.15, -0.1) is 0 Å². The van der Waals surface area contributed by atoms with Gasteiger partial charge in [-0.25, -0.2) is 14.8 Å². The largest absolute Gasteiger partial charge is 0.478 e. The van der Waals surface area contributed by atoms with Crippen molar-refractivity contribution in [2.45, 2.75) is 17.0 Å². The predicted octanol–water partition coefficient (Wildman–Crippen LogP) is 2.63. The SMILES string of the molecule is Cc1cnc(Sc2ccccc2C(=O)O)nc1. The molecule has 2 aromatic rings. The molecule has 0 unspecified atom stereocenters. The number of aromatic nitrogens is 2. The van der Waals surface area contributed by atoms with Crippen LogP contribution < -0.4 is 0 Å². The maximum absolute atomic E-state index is 11.0. The fourth-order valence-corrected chi connectivity index (χ4v) is 2.08. The Morgan fingerprint density at radius 1 is 1.24 bits per heavy atom. The number of carboxylic acids is 1. The number of hydrogen-bond donors (Lipinski definition) is 1. The lowest BCUT2D eigenvalue weighted by Crippen LogP contribution is -1.98. The average molecular weight is 246 g/mol. The zero-order chi connectivity index (χ0) is 12.3. The van der Waals surface area contributed by atoms with E-state index in [2.05, 4.69) is 9.97 Å². The van der Waals surface area contributed by atoms with E-state index in [1.165, 1.54) is 11.8 Å². The van der Waals surface area contributed by atoms with E-state index in [0.29, 0.717) is 10.1 Å².